The SMILES string of the molecule is CCOc1ccc(C(C)(C)C)cc1C(C)CC1CC1C(=O)OC. The lowest BCUT2D eigenvalue weighted by molar-refractivity contribution is -0.142. The van der Waals surface area contributed by atoms with E-state index in [0.717, 1.165) is 18.6 Å². The number of methoxy groups -OCH3 is 1. The lowest BCUT2D eigenvalue weighted by Gasteiger charge is -2.23. The smallest absolute Gasteiger partial charge is 0.308 e. The minimum absolute atomic E-state index is 0.0596. The Morgan fingerprint density at radius 2 is 2.04 bits per heavy atom. The highest BCUT2D eigenvalue weighted by Crippen LogP contribution is 2.47. The van der Waals surface area contributed by atoms with Crippen LogP contribution in [0.3, 0.4) is 0 Å². The second kappa shape index (κ2) is 6.94. The maximum atomic E-state index is 11.6. The van der Waals surface area contributed by atoms with E-state index in [1.54, 1.807) is 0 Å². The zero-order valence-corrected chi connectivity index (χ0v) is 15.3. The van der Waals surface area contributed by atoms with Crippen molar-refractivity contribution in [1.82, 2.24) is 0 Å². The first-order chi connectivity index (χ1) is 10.8. The number of benzene rings is 1. The minimum Gasteiger partial charge on any atom is -0.494 e. The van der Waals surface area contributed by atoms with E-state index in [9.17, 15) is 4.79 Å². The first-order valence-electron chi connectivity index (χ1n) is 8.63. The average Bonchev–Trinajstić information content (AvgIpc) is 3.25. The monoisotopic (exact) mass is 318 g/mol. The van der Waals surface area contributed by atoms with Gasteiger partial charge < -0.3 is 9.47 Å². The van der Waals surface area contributed by atoms with E-state index in [-0.39, 0.29) is 17.3 Å². The zero-order valence-electron chi connectivity index (χ0n) is 15.3. The van der Waals surface area contributed by atoms with Gasteiger partial charge in [0.15, 0.2) is 0 Å². The van der Waals surface area contributed by atoms with Crippen LogP contribution in [0.25, 0.3) is 0 Å². The van der Waals surface area contributed by atoms with Gasteiger partial charge in [0.2, 0.25) is 0 Å². The molecule has 0 radical (unpaired) electrons. The molecule has 0 N–H and O–H groups in total. The molecule has 1 fully saturated rings. The summed E-state index contributed by atoms with van der Waals surface area (Å²) in [6, 6.07) is 6.54. The third-order valence-electron chi connectivity index (χ3n) is 4.79. The van der Waals surface area contributed by atoms with Gasteiger partial charge in [0, 0.05) is 0 Å². The van der Waals surface area contributed by atoms with Gasteiger partial charge in [-0.25, -0.2) is 0 Å². The van der Waals surface area contributed by atoms with Crippen molar-refractivity contribution in [2.24, 2.45) is 11.8 Å². The molecule has 0 bridgehead atoms. The molecular weight excluding hydrogens is 288 g/mol. The number of hydrogen-bond acceptors (Lipinski definition) is 3. The van der Waals surface area contributed by atoms with Crippen LogP contribution in [0.1, 0.15) is 64.5 Å². The van der Waals surface area contributed by atoms with Crippen LogP contribution in [0.5, 0.6) is 5.75 Å². The van der Waals surface area contributed by atoms with Crippen LogP contribution in [-0.2, 0) is 14.9 Å². The van der Waals surface area contributed by atoms with Crippen molar-refractivity contribution in [1.29, 1.82) is 0 Å². The van der Waals surface area contributed by atoms with Crippen LogP contribution in [0, 0.1) is 11.8 Å². The standard InChI is InChI=1S/C20H30O3/c1-7-23-18-9-8-15(20(3,4)5)12-16(18)13(2)10-14-11-17(14)19(21)22-6/h8-9,12-14,17H,7,10-11H2,1-6H3. The molecule has 3 atom stereocenters. The van der Waals surface area contributed by atoms with Crippen molar-refractivity contribution in [2.75, 3.05) is 13.7 Å². The molecule has 3 unspecified atom stereocenters. The van der Waals surface area contributed by atoms with Crippen molar-refractivity contribution in [3.05, 3.63) is 29.3 Å². The number of carbonyl (C=O) groups is 1. The average molecular weight is 318 g/mol. The summed E-state index contributed by atoms with van der Waals surface area (Å²) in [5.74, 6) is 1.84. The molecule has 128 valence electrons. The molecule has 1 saturated carbocycles. The summed E-state index contributed by atoms with van der Waals surface area (Å²) in [6.45, 7) is 11.6. The quantitative estimate of drug-likeness (QED) is 0.714. The molecule has 3 heteroatoms. The Labute approximate surface area is 140 Å². The van der Waals surface area contributed by atoms with Gasteiger partial charge in [-0.3, -0.25) is 4.79 Å². The van der Waals surface area contributed by atoms with Crippen LogP contribution in [0.4, 0.5) is 0 Å². The van der Waals surface area contributed by atoms with Crippen LogP contribution >= 0.6 is 0 Å². The largest absolute Gasteiger partial charge is 0.494 e. The Hall–Kier alpha value is -1.51. The lowest BCUT2D eigenvalue weighted by atomic mass is 9.83. The molecule has 2 rings (SSSR count). The molecule has 0 amide bonds. The van der Waals surface area contributed by atoms with Gasteiger partial charge in [0.1, 0.15) is 5.75 Å². The molecule has 1 aromatic carbocycles. The van der Waals surface area contributed by atoms with E-state index in [4.69, 9.17) is 9.47 Å². The highest BCUT2D eigenvalue weighted by molar-refractivity contribution is 5.75. The lowest BCUT2D eigenvalue weighted by Crippen LogP contribution is -2.13. The molecule has 0 aromatic heterocycles. The first kappa shape index (κ1) is 17.8. The van der Waals surface area contributed by atoms with Crippen LogP contribution in [-0.4, -0.2) is 19.7 Å². The third kappa shape index (κ3) is 4.27. The Bertz CT molecular complexity index is 556. The fourth-order valence-corrected chi connectivity index (χ4v) is 3.22. The number of rotatable bonds is 6. The molecule has 1 aliphatic carbocycles. The van der Waals surface area contributed by atoms with E-state index in [2.05, 4.69) is 45.9 Å². The molecular formula is C20H30O3. The molecule has 23 heavy (non-hydrogen) atoms. The van der Waals surface area contributed by atoms with Gasteiger partial charge in [-0.05, 0) is 54.2 Å². The van der Waals surface area contributed by atoms with Gasteiger partial charge in [0.05, 0.1) is 19.6 Å². The van der Waals surface area contributed by atoms with Crippen LogP contribution in [0.2, 0.25) is 0 Å². The van der Waals surface area contributed by atoms with E-state index in [1.165, 1.54) is 18.2 Å². The van der Waals surface area contributed by atoms with Crippen LogP contribution in [0.15, 0.2) is 18.2 Å². The van der Waals surface area contributed by atoms with Crippen molar-refractivity contribution in [2.45, 2.75) is 58.8 Å². The number of ether oxygens (including phenoxy) is 2. The van der Waals surface area contributed by atoms with Crippen LogP contribution < -0.4 is 4.74 Å². The molecule has 0 aliphatic heterocycles. The normalized spacial score (nSPS) is 21.7. The van der Waals surface area contributed by atoms with E-state index in [0.29, 0.717) is 18.4 Å². The van der Waals surface area contributed by atoms with Crippen molar-refractivity contribution in [3.63, 3.8) is 0 Å². The van der Waals surface area contributed by atoms with Gasteiger partial charge in [-0.2, -0.15) is 0 Å². The topological polar surface area (TPSA) is 35.5 Å². The van der Waals surface area contributed by atoms with Crippen molar-refractivity contribution < 1.29 is 14.3 Å². The van der Waals surface area contributed by atoms with Crippen molar-refractivity contribution >= 4 is 5.97 Å². The molecule has 0 heterocycles. The van der Waals surface area contributed by atoms with Gasteiger partial charge in [0.25, 0.3) is 0 Å². The third-order valence-corrected chi connectivity index (χ3v) is 4.79. The van der Waals surface area contributed by atoms with Gasteiger partial charge in [-0.15, -0.1) is 0 Å². The zero-order chi connectivity index (χ0) is 17.2. The Balaban J connectivity index is 2.17. The first-order valence-corrected chi connectivity index (χ1v) is 8.63. The molecule has 0 spiro atoms. The summed E-state index contributed by atoms with van der Waals surface area (Å²) in [4.78, 5) is 11.6. The summed E-state index contributed by atoms with van der Waals surface area (Å²) in [5.41, 5.74) is 2.70. The summed E-state index contributed by atoms with van der Waals surface area (Å²) in [5, 5.41) is 0. The molecule has 1 aromatic rings. The van der Waals surface area contributed by atoms with E-state index >= 15 is 0 Å². The highest BCUT2D eigenvalue weighted by atomic mass is 16.5. The predicted octanol–water partition coefficient (Wildman–Crippen LogP) is 4.69. The van der Waals surface area contributed by atoms with Crippen molar-refractivity contribution in [3.8, 4) is 5.75 Å². The van der Waals surface area contributed by atoms with Gasteiger partial charge >= 0.3 is 5.97 Å². The van der Waals surface area contributed by atoms with E-state index < -0.39 is 0 Å². The Kier molecular flexibility index (Phi) is 5.38. The molecule has 3 nitrogen and oxygen atoms in total. The van der Waals surface area contributed by atoms with E-state index in [1.807, 2.05) is 6.92 Å². The molecule has 1 aliphatic rings. The number of hydrogen-bond donors (Lipinski definition) is 0. The molecule has 0 saturated heterocycles. The second-order valence-corrected chi connectivity index (χ2v) is 7.70. The second-order valence-electron chi connectivity index (χ2n) is 7.70. The fraction of sp³-hybridized carbons (Fsp3) is 0.650. The number of esters is 1. The predicted molar refractivity (Wildman–Crippen MR) is 93.0 cm³/mol. The summed E-state index contributed by atoms with van der Waals surface area (Å²) < 4.78 is 10.7. The summed E-state index contributed by atoms with van der Waals surface area (Å²) in [6.07, 6.45) is 1.97. The maximum Gasteiger partial charge on any atom is 0.308 e. The maximum absolute atomic E-state index is 11.6. The minimum atomic E-state index is -0.0596. The Morgan fingerprint density at radius 3 is 2.61 bits per heavy atom. The Morgan fingerprint density at radius 1 is 1.35 bits per heavy atom. The van der Waals surface area contributed by atoms with Gasteiger partial charge in [-0.1, -0.05) is 39.8 Å². The fourth-order valence-electron chi connectivity index (χ4n) is 3.22. The number of carbonyl (C=O) groups excluding carboxylic acids is 1. The summed E-state index contributed by atoms with van der Waals surface area (Å²) >= 11 is 0. The highest BCUT2D eigenvalue weighted by Gasteiger charge is 2.44. The summed E-state index contributed by atoms with van der Waals surface area (Å²) in [7, 11) is 1.47.